The molecule has 0 bridgehead atoms. The minimum Gasteiger partial charge on any atom is -0.375 e. The van der Waals surface area contributed by atoms with Gasteiger partial charge in [0.2, 0.25) is 0 Å². The summed E-state index contributed by atoms with van der Waals surface area (Å²) in [5.74, 6) is -0.289. The van der Waals surface area contributed by atoms with Crippen molar-refractivity contribution >= 4 is 16.7 Å². The van der Waals surface area contributed by atoms with Crippen molar-refractivity contribution < 1.29 is 13.0 Å². The molecule has 1 unspecified atom stereocenters. The predicted octanol–water partition coefficient (Wildman–Crippen LogP) is 2.68. The zero-order chi connectivity index (χ0) is 14.7. The third kappa shape index (κ3) is 3.55. The number of benzene rings is 1. The van der Waals surface area contributed by atoms with Gasteiger partial charge in [0.25, 0.3) is 0 Å². The Morgan fingerprint density at radius 2 is 1.95 bits per heavy atom. The molecule has 1 aromatic carbocycles. The van der Waals surface area contributed by atoms with Crippen LogP contribution in [0, 0.1) is 11.6 Å². The average molecular weight is 302 g/mol. The van der Waals surface area contributed by atoms with Crippen LogP contribution in [-0.2, 0) is 17.5 Å². The maximum Gasteiger partial charge on any atom is 0.147 e. The summed E-state index contributed by atoms with van der Waals surface area (Å²) >= 11 is 0. The maximum atomic E-state index is 14.1. The fourth-order valence-electron chi connectivity index (χ4n) is 2.30. The molecule has 0 amide bonds. The van der Waals surface area contributed by atoms with Crippen LogP contribution in [0.5, 0.6) is 0 Å². The van der Waals surface area contributed by atoms with Crippen molar-refractivity contribution in [3.8, 4) is 0 Å². The first-order valence-corrected chi connectivity index (χ1v) is 8.05. The van der Waals surface area contributed by atoms with Crippen molar-refractivity contribution in [2.45, 2.75) is 25.8 Å². The third-order valence-corrected chi connectivity index (χ3v) is 4.98. The molecular weight excluding hydrogens is 282 g/mol. The Morgan fingerprint density at radius 1 is 1.20 bits per heavy atom. The molecule has 0 aliphatic carbocycles. The zero-order valence-electron chi connectivity index (χ0n) is 11.9. The van der Waals surface area contributed by atoms with Gasteiger partial charge in [-0.2, -0.15) is 0 Å². The first-order chi connectivity index (χ1) is 9.49. The molecule has 0 radical (unpaired) electrons. The van der Waals surface area contributed by atoms with Crippen molar-refractivity contribution in [1.82, 2.24) is 4.31 Å². The molecule has 6 heteroatoms. The monoisotopic (exact) mass is 302 g/mol. The molecule has 112 valence electrons. The highest BCUT2D eigenvalue weighted by Gasteiger charge is 2.19. The molecule has 1 atom stereocenters. The molecule has 2 rings (SSSR count). The number of rotatable bonds is 3. The Labute approximate surface area is 121 Å². The average Bonchev–Trinajstić information content (AvgIpc) is 2.58. The van der Waals surface area contributed by atoms with Gasteiger partial charge < -0.3 is 4.90 Å². The van der Waals surface area contributed by atoms with Crippen LogP contribution in [0.4, 0.5) is 14.5 Å². The molecule has 0 spiro atoms. The Hall–Kier alpha value is -1.01. The van der Waals surface area contributed by atoms with Crippen molar-refractivity contribution in [2.75, 3.05) is 31.3 Å². The van der Waals surface area contributed by atoms with E-state index in [-0.39, 0.29) is 17.8 Å². The van der Waals surface area contributed by atoms with Gasteiger partial charge in [0.05, 0.1) is 16.7 Å². The first kappa shape index (κ1) is 15.4. The smallest absolute Gasteiger partial charge is 0.147 e. The summed E-state index contributed by atoms with van der Waals surface area (Å²) in [5, 5.41) is 0. The van der Waals surface area contributed by atoms with Gasteiger partial charge in [-0.15, -0.1) is 0 Å². The molecule has 1 heterocycles. The van der Waals surface area contributed by atoms with E-state index in [1.54, 1.807) is 18.4 Å². The molecule has 1 aromatic rings. The SMILES string of the molecule is CN(C)c1cc(F)c(CN2CCCCCS2=O)cc1F. The van der Waals surface area contributed by atoms with Crippen molar-refractivity contribution in [3.05, 3.63) is 29.3 Å². The largest absolute Gasteiger partial charge is 0.375 e. The zero-order valence-corrected chi connectivity index (χ0v) is 12.7. The predicted molar refractivity (Wildman–Crippen MR) is 78.0 cm³/mol. The highest BCUT2D eigenvalue weighted by Crippen LogP contribution is 2.23. The van der Waals surface area contributed by atoms with Crippen LogP contribution < -0.4 is 4.90 Å². The van der Waals surface area contributed by atoms with Crippen LogP contribution in [0.1, 0.15) is 24.8 Å². The summed E-state index contributed by atoms with van der Waals surface area (Å²) in [6.45, 7) is 0.867. The lowest BCUT2D eigenvalue weighted by atomic mass is 10.1. The molecule has 20 heavy (non-hydrogen) atoms. The number of halogens is 2. The molecular formula is C14H20F2N2OS. The molecule has 1 aliphatic heterocycles. The summed E-state index contributed by atoms with van der Waals surface area (Å²) in [5.41, 5.74) is 0.492. The van der Waals surface area contributed by atoms with Crippen molar-refractivity contribution in [1.29, 1.82) is 0 Å². The lowest BCUT2D eigenvalue weighted by molar-refractivity contribution is 0.425. The van der Waals surface area contributed by atoms with Gasteiger partial charge in [-0.25, -0.2) is 17.3 Å². The van der Waals surface area contributed by atoms with Crippen LogP contribution in [0.3, 0.4) is 0 Å². The molecule has 0 saturated carbocycles. The van der Waals surface area contributed by atoms with Gasteiger partial charge in [-0.1, -0.05) is 6.42 Å². The van der Waals surface area contributed by atoms with Crippen LogP contribution in [0.2, 0.25) is 0 Å². The minimum absolute atomic E-state index is 0.197. The second-order valence-electron chi connectivity index (χ2n) is 5.24. The van der Waals surface area contributed by atoms with E-state index >= 15 is 0 Å². The van der Waals surface area contributed by atoms with Crippen LogP contribution in [0.25, 0.3) is 0 Å². The second-order valence-corrected chi connectivity index (χ2v) is 6.81. The highest BCUT2D eigenvalue weighted by molar-refractivity contribution is 7.82. The second kappa shape index (κ2) is 6.63. The third-order valence-electron chi connectivity index (χ3n) is 3.46. The molecule has 0 aromatic heterocycles. The minimum atomic E-state index is -1.09. The summed E-state index contributed by atoms with van der Waals surface area (Å²) in [4.78, 5) is 1.53. The van der Waals surface area contributed by atoms with Crippen molar-refractivity contribution in [3.63, 3.8) is 0 Å². The highest BCUT2D eigenvalue weighted by atomic mass is 32.2. The van der Waals surface area contributed by atoms with E-state index in [1.165, 1.54) is 17.0 Å². The molecule has 0 N–H and O–H groups in total. The van der Waals surface area contributed by atoms with Gasteiger partial charge >= 0.3 is 0 Å². The topological polar surface area (TPSA) is 23.6 Å². The Bertz CT molecular complexity index is 508. The van der Waals surface area contributed by atoms with Crippen molar-refractivity contribution in [2.24, 2.45) is 0 Å². The molecule has 1 saturated heterocycles. The normalized spacial score (nSPS) is 20.7. The summed E-state index contributed by atoms with van der Waals surface area (Å²) < 4.78 is 41.7. The molecule has 1 aliphatic rings. The molecule has 3 nitrogen and oxygen atoms in total. The van der Waals surface area contributed by atoms with Crippen LogP contribution >= 0.6 is 0 Å². The van der Waals surface area contributed by atoms with E-state index in [2.05, 4.69) is 0 Å². The van der Waals surface area contributed by atoms with E-state index in [1.807, 2.05) is 0 Å². The fourth-order valence-corrected chi connectivity index (χ4v) is 3.63. The van der Waals surface area contributed by atoms with E-state index in [4.69, 9.17) is 0 Å². The Morgan fingerprint density at radius 3 is 2.65 bits per heavy atom. The first-order valence-electron chi connectivity index (χ1n) is 6.77. The summed E-state index contributed by atoms with van der Waals surface area (Å²) in [6, 6.07) is 2.41. The lowest BCUT2D eigenvalue weighted by Crippen LogP contribution is -2.27. The van der Waals surface area contributed by atoms with Crippen LogP contribution in [-0.4, -0.2) is 34.9 Å². The number of anilines is 1. The Balaban J connectivity index is 2.20. The number of hydrogen-bond donors (Lipinski definition) is 0. The van der Waals surface area contributed by atoms with Gasteiger partial charge in [0, 0.05) is 44.6 Å². The van der Waals surface area contributed by atoms with E-state index in [0.717, 1.165) is 19.3 Å². The number of nitrogens with zero attached hydrogens (tertiary/aromatic N) is 2. The quantitative estimate of drug-likeness (QED) is 0.857. The standard InChI is InChI=1S/C14H20F2N2OS/c1-17(2)14-9-12(15)11(8-13(14)16)10-18-6-4-3-5-7-20(18)19/h8-9H,3-7,10H2,1-2H3. The van der Waals surface area contributed by atoms with Gasteiger partial charge in [-0.3, -0.25) is 0 Å². The van der Waals surface area contributed by atoms with Gasteiger partial charge in [-0.05, 0) is 18.9 Å². The Kier molecular flexibility index (Phi) is 5.10. The number of hydrogen-bond acceptors (Lipinski definition) is 2. The van der Waals surface area contributed by atoms with Gasteiger partial charge in [0.1, 0.15) is 11.6 Å². The van der Waals surface area contributed by atoms with Crippen LogP contribution in [0.15, 0.2) is 12.1 Å². The maximum absolute atomic E-state index is 14.1. The fraction of sp³-hybridized carbons (Fsp3) is 0.571. The van der Waals surface area contributed by atoms with E-state index in [9.17, 15) is 13.0 Å². The van der Waals surface area contributed by atoms with Gasteiger partial charge in [0.15, 0.2) is 0 Å². The van der Waals surface area contributed by atoms with E-state index < -0.39 is 22.6 Å². The lowest BCUT2D eigenvalue weighted by Gasteiger charge is -2.20. The summed E-state index contributed by atoms with van der Waals surface area (Å²) in [7, 11) is 2.25. The summed E-state index contributed by atoms with van der Waals surface area (Å²) in [6.07, 6.45) is 2.92. The van der Waals surface area contributed by atoms with E-state index in [0.29, 0.717) is 12.3 Å². The molecule has 1 fully saturated rings.